The largest absolute Gasteiger partial charge is 0.494 e. The minimum Gasteiger partial charge on any atom is -0.494 e. The number of carboxylic acid groups (broad SMARTS) is 1. The third-order valence-corrected chi connectivity index (χ3v) is 4.41. The fraction of sp³-hybridized carbons (Fsp3) is 0.409. The zero-order chi connectivity index (χ0) is 22.1. The number of carbonyl (C=O) groups is 2. The van der Waals surface area contributed by atoms with Crippen LogP contribution in [0.1, 0.15) is 48.8 Å². The van der Waals surface area contributed by atoms with Crippen LogP contribution in [0, 0.1) is 0 Å². The van der Waals surface area contributed by atoms with E-state index in [1.54, 1.807) is 50.4 Å². The molecule has 0 aliphatic heterocycles. The van der Waals surface area contributed by atoms with Crippen LogP contribution in [0.3, 0.4) is 0 Å². The first-order chi connectivity index (χ1) is 14.3. The van der Waals surface area contributed by atoms with Gasteiger partial charge in [-0.1, -0.05) is 18.5 Å². The number of halogens is 1. The number of ether oxygens (including phenoxy) is 2. The SMILES string of the molecule is CCCOc1ccc(C(=O)NCc2cc(CC(OC(C)C)C(=O)O)ccn2)c(Cl)c1. The molecule has 0 aliphatic rings. The number of carbonyl (C=O) groups excluding carboxylic acids is 1. The molecule has 1 aromatic heterocycles. The number of pyridine rings is 1. The minimum atomic E-state index is -1.02. The lowest BCUT2D eigenvalue weighted by Gasteiger charge is -2.16. The molecule has 2 rings (SSSR count). The second-order valence-electron chi connectivity index (χ2n) is 7.04. The quantitative estimate of drug-likeness (QED) is 0.557. The Bertz CT molecular complexity index is 872. The maximum atomic E-state index is 12.5. The average Bonchev–Trinajstić information content (AvgIpc) is 2.70. The van der Waals surface area contributed by atoms with Gasteiger partial charge in [0.15, 0.2) is 6.10 Å². The van der Waals surface area contributed by atoms with Crippen LogP contribution in [0.2, 0.25) is 5.02 Å². The van der Waals surface area contributed by atoms with Gasteiger partial charge in [0.2, 0.25) is 0 Å². The van der Waals surface area contributed by atoms with Crippen molar-refractivity contribution in [2.45, 2.75) is 52.4 Å². The molecular formula is C22H27ClN2O5. The maximum absolute atomic E-state index is 12.5. The van der Waals surface area contributed by atoms with Crippen LogP contribution >= 0.6 is 11.6 Å². The van der Waals surface area contributed by atoms with Gasteiger partial charge < -0.3 is 19.9 Å². The number of benzene rings is 1. The van der Waals surface area contributed by atoms with Crippen molar-refractivity contribution < 1.29 is 24.2 Å². The lowest BCUT2D eigenvalue weighted by atomic mass is 10.1. The summed E-state index contributed by atoms with van der Waals surface area (Å²) in [5.74, 6) is -0.735. The third kappa shape index (κ3) is 7.31. The topological polar surface area (TPSA) is 97.8 Å². The van der Waals surface area contributed by atoms with Gasteiger partial charge in [0.05, 0.1) is 35.5 Å². The van der Waals surface area contributed by atoms with Gasteiger partial charge in [-0.25, -0.2) is 4.79 Å². The highest BCUT2D eigenvalue weighted by molar-refractivity contribution is 6.34. The van der Waals surface area contributed by atoms with Crippen molar-refractivity contribution in [3.63, 3.8) is 0 Å². The van der Waals surface area contributed by atoms with Crippen molar-refractivity contribution >= 4 is 23.5 Å². The highest BCUT2D eigenvalue weighted by Crippen LogP contribution is 2.23. The van der Waals surface area contributed by atoms with Crippen LogP contribution in [0.5, 0.6) is 5.75 Å². The van der Waals surface area contributed by atoms with Crippen molar-refractivity contribution in [2.24, 2.45) is 0 Å². The van der Waals surface area contributed by atoms with Gasteiger partial charge in [-0.2, -0.15) is 0 Å². The van der Waals surface area contributed by atoms with E-state index in [4.69, 9.17) is 21.1 Å². The van der Waals surface area contributed by atoms with E-state index in [1.807, 2.05) is 6.92 Å². The summed E-state index contributed by atoms with van der Waals surface area (Å²) in [6.07, 6.45) is 1.53. The highest BCUT2D eigenvalue weighted by Gasteiger charge is 2.20. The number of rotatable bonds is 11. The summed E-state index contributed by atoms with van der Waals surface area (Å²) in [6, 6.07) is 8.43. The highest BCUT2D eigenvalue weighted by atomic mass is 35.5. The molecule has 8 heteroatoms. The number of nitrogens with one attached hydrogen (secondary N) is 1. The zero-order valence-electron chi connectivity index (χ0n) is 17.4. The van der Waals surface area contributed by atoms with E-state index < -0.39 is 12.1 Å². The van der Waals surface area contributed by atoms with Gasteiger partial charge in [0.25, 0.3) is 5.91 Å². The van der Waals surface area contributed by atoms with Gasteiger partial charge in [0.1, 0.15) is 5.75 Å². The normalized spacial score (nSPS) is 11.9. The molecule has 0 radical (unpaired) electrons. The van der Waals surface area contributed by atoms with Crippen LogP contribution in [-0.4, -0.2) is 40.8 Å². The Balaban J connectivity index is 2.00. The summed E-state index contributed by atoms with van der Waals surface area (Å²) in [7, 11) is 0. The molecule has 7 nitrogen and oxygen atoms in total. The Morgan fingerprint density at radius 2 is 2.00 bits per heavy atom. The van der Waals surface area contributed by atoms with E-state index in [9.17, 15) is 14.7 Å². The van der Waals surface area contributed by atoms with Crippen LogP contribution in [-0.2, 0) is 22.5 Å². The summed E-state index contributed by atoms with van der Waals surface area (Å²) in [5.41, 5.74) is 1.71. The Morgan fingerprint density at radius 3 is 2.63 bits per heavy atom. The predicted octanol–water partition coefficient (Wildman–Crippen LogP) is 3.87. The molecule has 0 bridgehead atoms. The molecule has 0 spiro atoms. The Hall–Kier alpha value is -2.64. The second-order valence-corrected chi connectivity index (χ2v) is 7.45. The molecule has 1 unspecified atom stereocenters. The fourth-order valence-electron chi connectivity index (χ4n) is 2.74. The number of hydrogen-bond acceptors (Lipinski definition) is 5. The van der Waals surface area contributed by atoms with Crippen molar-refractivity contribution in [3.05, 3.63) is 58.4 Å². The van der Waals surface area contributed by atoms with Crippen LogP contribution < -0.4 is 10.1 Å². The Kier molecular flexibility index (Phi) is 9.08. The first-order valence-corrected chi connectivity index (χ1v) is 10.2. The predicted molar refractivity (Wildman–Crippen MR) is 114 cm³/mol. The number of nitrogens with zero attached hydrogens (tertiary/aromatic N) is 1. The number of hydrogen-bond donors (Lipinski definition) is 2. The molecule has 1 aromatic carbocycles. The van der Waals surface area contributed by atoms with Crippen LogP contribution in [0.15, 0.2) is 36.5 Å². The summed E-state index contributed by atoms with van der Waals surface area (Å²) in [6.45, 7) is 6.34. The Labute approximate surface area is 181 Å². The van der Waals surface area contributed by atoms with Gasteiger partial charge in [-0.15, -0.1) is 0 Å². The van der Waals surface area contributed by atoms with E-state index in [1.165, 1.54) is 0 Å². The molecule has 0 fully saturated rings. The molecule has 2 aromatic rings. The zero-order valence-corrected chi connectivity index (χ0v) is 18.1. The van der Waals surface area contributed by atoms with Crippen molar-refractivity contribution in [1.29, 1.82) is 0 Å². The molecular weight excluding hydrogens is 408 g/mol. The monoisotopic (exact) mass is 434 g/mol. The summed E-state index contributed by atoms with van der Waals surface area (Å²) in [4.78, 5) is 28.1. The smallest absolute Gasteiger partial charge is 0.333 e. The lowest BCUT2D eigenvalue weighted by Crippen LogP contribution is -2.29. The molecule has 1 amide bonds. The van der Waals surface area contributed by atoms with Gasteiger partial charge in [-0.3, -0.25) is 9.78 Å². The summed E-state index contributed by atoms with van der Waals surface area (Å²) >= 11 is 6.21. The molecule has 1 atom stereocenters. The number of amides is 1. The summed E-state index contributed by atoms with van der Waals surface area (Å²) < 4.78 is 11.0. The standard InChI is InChI=1S/C22H27ClN2O5/c1-4-9-29-17-5-6-18(19(23)12-17)21(26)25-13-16-10-15(7-8-24-16)11-20(22(27)28)30-14(2)3/h5-8,10,12,14,20H,4,9,11,13H2,1-3H3,(H,25,26)(H,27,28). The summed E-state index contributed by atoms with van der Waals surface area (Å²) in [5, 5.41) is 12.4. The van der Waals surface area contributed by atoms with Crippen molar-refractivity contribution in [1.82, 2.24) is 10.3 Å². The lowest BCUT2D eigenvalue weighted by molar-refractivity contribution is -0.153. The van der Waals surface area contributed by atoms with Gasteiger partial charge in [-0.05, 0) is 56.2 Å². The Morgan fingerprint density at radius 1 is 1.23 bits per heavy atom. The molecule has 1 heterocycles. The van der Waals surface area contributed by atoms with E-state index in [0.29, 0.717) is 28.6 Å². The van der Waals surface area contributed by atoms with E-state index >= 15 is 0 Å². The average molecular weight is 435 g/mol. The fourth-order valence-corrected chi connectivity index (χ4v) is 3.00. The maximum Gasteiger partial charge on any atom is 0.333 e. The van der Waals surface area contributed by atoms with Gasteiger partial charge in [0, 0.05) is 12.6 Å². The van der Waals surface area contributed by atoms with E-state index in [2.05, 4.69) is 10.3 Å². The minimum absolute atomic E-state index is 0.180. The van der Waals surface area contributed by atoms with Gasteiger partial charge >= 0.3 is 5.97 Å². The van der Waals surface area contributed by atoms with E-state index in [-0.39, 0.29) is 25.0 Å². The molecule has 0 saturated heterocycles. The molecule has 162 valence electrons. The first kappa shape index (κ1) is 23.6. The molecule has 0 aliphatic carbocycles. The van der Waals surface area contributed by atoms with Crippen LogP contribution in [0.25, 0.3) is 0 Å². The van der Waals surface area contributed by atoms with Crippen LogP contribution in [0.4, 0.5) is 0 Å². The second kappa shape index (κ2) is 11.5. The third-order valence-electron chi connectivity index (χ3n) is 4.10. The van der Waals surface area contributed by atoms with E-state index in [0.717, 1.165) is 12.0 Å². The molecule has 0 saturated carbocycles. The molecule has 2 N–H and O–H groups in total. The first-order valence-electron chi connectivity index (χ1n) is 9.82. The van der Waals surface area contributed by atoms with Crippen molar-refractivity contribution in [3.8, 4) is 5.75 Å². The number of aliphatic carboxylic acids is 1. The number of carboxylic acids is 1. The van der Waals surface area contributed by atoms with Crippen molar-refractivity contribution in [2.75, 3.05) is 6.61 Å². The molecule has 30 heavy (non-hydrogen) atoms. The number of aromatic nitrogens is 1.